The highest BCUT2D eigenvalue weighted by atomic mass is 32.1. The third-order valence-electron chi connectivity index (χ3n) is 4.63. The first-order chi connectivity index (χ1) is 14.6. The summed E-state index contributed by atoms with van der Waals surface area (Å²) in [6, 6.07) is 10.2. The average molecular weight is 425 g/mol. The third kappa shape index (κ3) is 4.87. The molecule has 1 aromatic carbocycles. The fourth-order valence-electron chi connectivity index (χ4n) is 3.17. The molecule has 0 spiro atoms. The molecule has 30 heavy (non-hydrogen) atoms. The molecule has 0 aliphatic carbocycles. The molecule has 0 saturated carbocycles. The van der Waals surface area contributed by atoms with Gasteiger partial charge in [0, 0.05) is 25.3 Å². The Labute approximate surface area is 176 Å². The lowest BCUT2D eigenvalue weighted by atomic mass is 10.1. The summed E-state index contributed by atoms with van der Waals surface area (Å²) in [5, 5.41) is 32.2. The van der Waals surface area contributed by atoms with Crippen LogP contribution < -0.4 is 15.5 Å². The number of hydrogen-bond donors (Lipinski definition) is 3. The Morgan fingerprint density at radius 2 is 1.93 bits per heavy atom. The number of benzene rings is 1. The summed E-state index contributed by atoms with van der Waals surface area (Å²) in [6.07, 6.45) is 2.71. The van der Waals surface area contributed by atoms with E-state index in [9.17, 15) is 9.59 Å². The fraction of sp³-hybridized carbons (Fsp3) is 0.263. The van der Waals surface area contributed by atoms with Crippen LogP contribution in [0.1, 0.15) is 22.3 Å². The molecule has 10 nitrogen and oxygen atoms in total. The number of carboxylic acid groups (broad SMARTS) is 1. The predicted molar refractivity (Wildman–Crippen MR) is 112 cm³/mol. The van der Waals surface area contributed by atoms with Gasteiger partial charge >= 0.3 is 5.97 Å². The van der Waals surface area contributed by atoms with Crippen molar-refractivity contribution in [2.24, 2.45) is 0 Å². The Hall–Kier alpha value is -3.60. The molecule has 2 aromatic heterocycles. The molecule has 11 heteroatoms. The number of carboxylic acids is 1. The standard InChI is InChI=1S/C19H19N7O3S/c27-16(10-12-3-5-13(6-4-12)17(28)29)22-19-25-24-18(30-19)21-14-7-9-26(11-14)15-2-1-8-20-23-15/h1-6,8,14H,7,9-11H2,(H,21,24)(H,28,29)(H,22,25,27)/t14-/m1/s1. The topological polar surface area (TPSA) is 133 Å². The first-order valence-corrected chi connectivity index (χ1v) is 10.1. The monoisotopic (exact) mass is 425 g/mol. The number of carbonyl (C=O) groups is 2. The number of nitrogens with one attached hydrogen (secondary N) is 2. The number of nitrogens with zero attached hydrogens (tertiary/aromatic N) is 5. The van der Waals surface area contributed by atoms with Gasteiger partial charge in [-0.15, -0.1) is 15.3 Å². The van der Waals surface area contributed by atoms with Crippen molar-refractivity contribution in [1.29, 1.82) is 0 Å². The van der Waals surface area contributed by atoms with Gasteiger partial charge in [-0.3, -0.25) is 4.79 Å². The van der Waals surface area contributed by atoms with Crippen LogP contribution in [-0.2, 0) is 11.2 Å². The first kappa shape index (κ1) is 19.7. The van der Waals surface area contributed by atoms with Crippen LogP contribution in [0.3, 0.4) is 0 Å². The first-order valence-electron chi connectivity index (χ1n) is 9.31. The Bertz CT molecular complexity index is 1030. The second kappa shape index (κ2) is 8.82. The van der Waals surface area contributed by atoms with E-state index < -0.39 is 5.97 Å². The van der Waals surface area contributed by atoms with Gasteiger partial charge in [-0.25, -0.2) is 4.79 Å². The van der Waals surface area contributed by atoms with Gasteiger partial charge in [-0.05, 0) is 36.2 Å². The van der Waals surface area contributed by atoms with E-state index >= 15 is 0 Å². The van der Waals surface area contributed by atoms with E-state index in [1.807, 2.05) is 12.1 Å². The molecule has 154 valence electrons. The molecular weight excluding hydrogens is 406 g/mol. The van der Waals surface area contributed by atoms with Crippen molar-refractivity contribution in [1.82, 2.24) is 20.4 Å². The third-order valence-corrected chi connectivity index (χ3v) is 5.40. The normalized spacial score (nSPS) is 15.7. The molecule has 1 atom stereocenters. The number of aromatic carboxylic acids is 1. The summed E-state index contributed by atoms with van der Waals surface area (Å²) < 4.78 is 0. The molecule has 3 heterocycles. The minimum Gasteiger partial charge on any atom is -0.478 e. The maximum Gasteiger partial charge on any atom is 0.335 e. The number of hydrogen-bond acceptors (Lipinski definition) is 9. The maximum absolute atomic E-state index is 12.2. The summed E-state index contributed by atoms with van der Waals surface area (Å²) in [4.78, 5) is 25.3. The smallest absolute Gasteiger partial charge is 0.335 e. The molecule has 1 saturated heterocycles. The van der Waals surface area contributed by atoms with E-state index in [0.29, 0.717) is 10.3 Å². The van der Waals surface area contributed by atoms with E-state index in [-0.39, 0.29) is 23.9 Å². The zero-order chi connectivity index (χ0) is 20.9. The van der Waals surface area contributed by atoms with E-state index in [2.05, 4.69) is 35.9 Å². The van der Waals surface area contributed by atoms with Crippen molar-refractivity contribution in [3.8, 4) is 0 Å². The van der Waals surface area contributed by atoms with Gasteiger partial charge in [0.15, 0.2) is 5.82 Å². The highest BCUT2D eigenvalue weighted by Crippen LogP contribution is 2.24. The molecular formula is C19H19N7O3S. The van der Waals surface area contributed by atoms with E-state index in [1.165, 1.54) is 23.5 Å². The molecule has 1 aliphatic rings. The Balaban J connectivity index is 1.28. The van der Waals surface area contributed by atoms with Crippen molar-refractivity contribution in [2.45, 2.75) is 18.9 Å². The Morgan fingerprint density at radius 1 is 1.13 bits per heavy atom. The van der Waals surface area contributed by atoms with Crippen LogP contribution in [0, 0.1) is 0 Å². The van der Waals surface area contributed by atoms with Crippen LogP contribution in [-0.4, -0.2) is 56.5 Å². The lowest BCUT2D eigenvalue weighted by molar-refractivity contribution is -0.115. The zero-order valence-corrected chi connectivity index (χ0v) is 16.7. The lowest BCUT2D eigenvalue weighted by Gasteiger charge is -2.16. The molecule has 0 unspecified atom stereocenters. The van der Waals surface area contributed by atoms with Crippen molar-refractivity contribution in [3.63, 3.8) is 0 Å². The van der Waals surface area contributed by atoms with E-state index in [0.717, 1.165) is 30.9 Å². The highest BCUT2D eigenvalue weighted by molar-refractivity contribution is 7.19. The number of anilines is 3. The average Bonchev–Trinajstić information content (AvgIpc) is 3.39. The zero-order valence-electron chi connectivity index (χ0n) is 15.9. The second-order valence-electron chi connectivity index (χ2n) is 6.80. The largest absolute Gasteiger partial charge is 0.478 e. The van der Waals surface area contributed by atoms with Crippen molar-refractivity contribution < 1.29 is 14.7 Å². The number of rotatable bonds is 7. The van der Waals surface area contributed by atoms with Gasteiger partial charge in [0.1, 0.15) is 0 Å². The molecule has 0 radical (unpaired) electrons. The van der Waals surface area contributed by atoms with Gasteiger partial charge < -0.3 is 20.6 Å². The highest BCUT2D eigenvalue weighted by Gasteiger charge is 2.24. The van der Waals surface area contributed by atoms with Crippen LogP contribution in [0.15, 0.2) is 42.6 Å². The second-order valence-corrected chi connectivity index (χ2v) is 7.77. The van der Waals surface area contributed by atoms with Gasteiger partial charge in [0.25, 0.3) is 0 Å². The Kier molecular flexibility index (Phi) is 5.80. The molecule has 1 amide bonds. The van der Waals surface area contributed by atoms with Crippen molar-refractivity contribution >= 4 is 39.3 Å². The number of amides is 1. The summed E-state index contributed by atoms with van der Waals surface area (Å²) in [5.41, 5.74) is 0.902. The summed E-state index contributed by atoms with van der Waals surface area (Å²) in [5.74, 6) is -0.388. The minimum atomic E-state index is -0.998. The van der Waals surface area contributed by atoms with Gasteiger partial charge in [-0.1, -0.05) is 23.5 Å². The molecule has 4 rings (SSSR count). The lowest BCUT2D eigenvalue weighted by Crippen LogP contribution is -2.26. The van der Waals surface area contributed by atoms with Crippen molar-refractivity contribution in [3.05, 3.63) is 53.7 Å². The van der Waals surface area contributed by atoms with Crippen LogP contribution in [0.4, 0.5) is 16.1 Å². The van der Waals surface area contributed by atoms with Crippen LogP contribution in [0.5, 0.6) is 0 Å². The fourth-order valence-corrected chi connectivity index (χ4v) is 3.91. The molecule has 3 aromatic rings. The summed E-state index contributed by atoms with van der Waals surface area (Å²) >= 11 is 1.27. The SMILES string of the molecule is O=C(Cc1ccc(C(=O)O)cc1)Nc1nnc(N[C@@H]2CCN(c3cccnn3)C2)s1. The molecule has 1 aliphatic heterocycles. The van der Waals surface area contributed by atoms with Crippen LogP contribution in [0.25, 0.3) is 0 Å². The maximum atomic E-state index is 12.2. The Morgan fingerprint density at radius 3 is 2.67 bits per heavy atom. The van der Waals surface area contributed by atoms with Crippen molar-refractivity contribution in [2.75, 3.05) is 28.6 Å². The summed E-state index contributed by atoms with van der Waals surface area (Å²) in [6.45, 7) is 1.66. The van der Waals surface area contributed by atoms with Crippen LogP contribution in [0.2, 0.25) is 0 Å². The minimum absolute atomic E-state index is 0.123. The molecule has 0 bridgehead atoms. The van der Waals surface area contributed by atoms with Crippen LogP contribution >= 0.6 is 11.3 Å². The van der Waals surface area contributed by atoms with E-state index in [4.69, 9.17) is 5.11 Å². The molecule has 1 fully saturated rings. The van der Waals surface area contributed by atoms with Gasteiger partial charge in [-0.2, -0.15) is 5.10 Å². The molecule has 3 N–H and O–H groups in total. The predicted octanol–water partition coefficient (Wildman–Crippen LogP) is 1.90. The van der Waals surface area contributed by atoms with Gasteiger partial charge in [0.2, 0.25) is 16.2 Å². The number of aromatic nitrogens is 4. The van der Waals surface area contributed by atoms with Gasteiger partial charge in [0.05, 0.1) is 12.0 Å². The summed E-state index contributed by atoms with van der Waals surface area (Å²) in [7, 11) is 0. The quantitative estimate of drug-likeness (QED) is 0.519. The number of carbonyl (C=O) groups excluding carboxylic acids is 1. The van der Waals surface area contributed by atoms with E-state index in [1.54, 1.807) is 18.3 Å².